The van der Waals surface area contributed by atoms with Crippen molar-refractivity contribution in [3.63, 3.8) is 0 Å². The van der Waals surface area contributed by atoms with Gasteiger partial charge in [0, 0.05) is 0 Å². The molecular weight excluding hydrogens is 156 g/mol. The monoisotopic (exact) mass is 174 g/mol. The Morgan fingerprint density at radius 2 is 1.62 bits per heavy atom. The van der Waals surface area contributed by atoms with E-state index in [0.29, 0.717) is 10.8 Å². The molecule has 2 saturated carbocycles. The summed E-state index contributed by atoms with van der Waals surface area (Å²) in [5.74, 6) is 0. The molecular formula is C13H18. The van der Waals surface area contributed by atoms with Crippen LogP contribution in [0.2, 0.25) is 0 Å². The van der Waals surface area contributed by atoms with Crippen LogP contribution in [0.3, 0.4) is 0 Å². The third kappa shape index (κ3) is 0.920. The molecule has 0 heterocycles. The first-order chi connectivity index (χ1) is 6.14. The summed E-state index contributed by atoms with van der Waals surface area (Å²) in [5, 5.41) is 0. The van der Waals surface area contributed by atoms with Gasteiger partial charge in [0.25, 0.3) is 0 Å². The second-order valence-electron chi connectivity index (χ2n) is 5.65. The maximum atomic E-state index is 2.52. The molecule has 0 heteroatoms. The van der Waals surface area contributed by atoms with Crippen molar-refractivity contribution in [1.29, 1.82) is 0 Å². The van der Waals surface area contributed by atoms with E-state index in [1.807, 2.05) is 0 Å². The Morgan fingerprint density at radius 1 is 1.00 bits per heavy atom. The zero-order valence-electron chi connectivity index (χ0n) is 8.69. The van der Waals surface area contributed by atoms with E-state index >= 15 is 0 Å². The van der Waals surface area contributed by atoms with E-state index in [-0.39, 0.29) is 0 Å². The summed E-state index contributed by atoms with van der Waals surface area (Å²) in [6, 6.07) is 0. The van der Waals surface area contributed by atoms with Gasteiger partial charge in [0.15, 0.2) is 0 Å². The van der Waals surface area contributed by atoms with Crippen LogP contribution in [0.1, 0.15) is 46.0 Å². The molecule has 0 radical (unpaired) electrons. The van der Waals surface area contributed by atoms with Crippen LogP contribution in [0.25, 0.3) is 0 Å². The van der Waals surface area contributed by atoms with E-state index in [1.165, 1.54) is 32.1 Å². The van der Waals surface area contributed by atoms with Crippen LogP contribution in [0.15, 0.2) is 23.3 Å². The standard InChI is InChI=1S/C13H18/c1-12(2)9-13(7-8-13)11-6-4-3-5-10(11)12/h5-6H,3-4,7-9H2,1-2H3. The Labute approximate surface area is 80.7 Å². The van der Waals surface area contributed by atoms with E-state index in [2.05, 4.69) is 26.0 Å². The minimum atomic E-state index is 0.475. The van der Waals surface area contributed by atoms with Gasteiger partial charge in [-0.05, 0) is 54.1 Å². The second-order valence-corrected chi connectivity index (χ2v) is 5.65. The highest BCUT2D eigenvalue weighted by atomic mass is 14.6. The zero-order chi connectivity index (χ0) is 9.10. The summed E-state index contributed by atoms with van der Waals surface area (Å²) < 4.78 is 0. The molecule has 1 spiro atoms. The molecule has 0 atom stereocenters. The first kappa shape index (κ1) is 7.84. The Kier molecular flexibility index (Phi) is 1.27. The minimum absolute atomic E-state index is 0.475. The molecule has 3 aliphatic rings. The van der Waals surface area contributed by atoms with E-state index in [1.54, 1.807) is 11.1 Å². The summed E-state index contributed by atoms with van der Waals surface area (Å²) >= 11 is 0. The van der Waals surface area contributed by atoms with Gasteiger partial charge in [-0.1, -0.05) is 26.0 Å². The second kappa shape index (κ2) is 2.10. The Morgan fingerprint density at radius 3 is 2.23 bits per heavy atom. The predicted molar refractivity (Wildman–Crippen MR) is 55.5 cm³/mol. The Hall–Kier alpha value is -0.520. The van der Waals surface area contributed by atoms with Crippen molar-refractivity contribution in [2.24, 2.45) is 10.8 Å². The molecule has 0 nitrogen and oxygen atoms in total. The van der Waals surface area contributed by atoms with Crippen LogP contribution in [0.4, 0.5) is 0 Å². The molecule has 0 unspecified atom stereocenters. The summed E-state index contributed by atoms with van der Waals surface area (Å²) in [7, 11) is 0. The molecule has 3 rings (SSSR count). The maximum Gasteiger partial charge on any atom is -0.00384 e. The minimum Gasteiger partial charge on any atom is -0.0802 e. The summed E-state index contributed by atoms with van der Waals surface area (Å²) in [6.45, 7) is 4.84. The lowest BCUT2D eigenvalue weighted by Crippen LogP contribution is -2.08. The third-order valence-corrected chi connectivity index (χ3v) is 4.09. The zero-order valence-corrected chi connectivity index (χ0v) is 8.69. The van der Waals surface area contributed by atoms with Crippen molar-refractivity contribution in [1.82, 2.24) is 0 Å². The fourth-order valence-electron chi connectivity index (χ4n) is 3.45. The fourth-order valence-corrected chi connectivity index (χ4v) is 3.45. The Bertz CT molecular complexity index is 291. The van der Waals surface area contributed by atoms with Gasteiger partial charge in [-0.2, -0.15) is 0 Å². The first-order valence-electron chi connectivity index (χ1n) is 5.56. The fraction of sp³-hybridized carbons (Fsp3) is 0.692. The van der Waals surface area contributed by atoms with Crippen LogP contribution >= 0.6 is 0 Å². The van der Waals surface area contributed by atoms with Gasteiger partial charge < -0.3 is 0 Å². The number of rotatable bonds is 0. The quantitative estimate of drug-likeness (QED) is 0.523. The SMILES string of the molecule is CC1(C)CC2(CC2)C2=CCCC=C21. The van der Waals surface area contributed by atoms with Gasteiger partial charge in [0.2, 0.25) is 0 Å². The molecule has 0 saturated heterocycles. The molecule has 13 heavy (non-hydrogen) atoms. The highest BCUT2D eigenvalue weighted by Crippen LogP contribution is 2.69. The maximum absolute atomic E-state index is 2.52. The predicted octanol–water partition coefficient (Wildman–Crippen LogP) is 3.84. The average molecular weight is 174 g/mol. The molecule has 70 valence electrons. The van der Waals surface area contributed by atoms with Gasteiger partial charge in [-0.3, -0.25) is 0 Å². The molecule has 0 aromatic heterocycles. The van der Waals surface area contributed by atoms with Crippen molar-refractivity contribution < 1.29 is 0 Å². The van der Waals surface area contributed by atoms with Crippen molar-refractivity contribution in [2.45, 2.75) is 46.0 Å². The summed E-state index contributed by atoms with van der Waals surface area (Å²) in [4.78, 5) is 0. The molecule has 2 fully saturated rings. The number of fused-ring (bicyclic) bond motifs is 2. The molecule has 0 aromatic carbocycles. The lowest BCUT2D eigenvalue weighted by atomic mass is 9.84. The number of allylic oxidation sites excluding steroid dienone is 4. The lowest BCUT2D eigenvalue weighted by Gasteiger charge is -2.21. The van der Waals surface area contributed by atoms with E-state index in [9.17, 15) is 0 Å². The number of hydrogen-bond donors (Lipinski definition) is 0. The lowest BCUT2D eigenvalue weighted by molar-refractivity contribution is 0.400. The van der Waals surface area contributed by atoms with E-state index in [0.717, 1.165) is 0 Å². The van der Waals surface area contributed by atoms with Crippen LogP contribution in [0.5, 0.6) is 0 Å². The van der Waals surface area contributed by atoms with Crippen LogP contribution < -0.4 is 0 Å². The Balaban J connectivity index is 2.11. The van der Waals surface area contributed by atoms with Crippen LogP contribution in [0, 0.1) is 10.8 Å². The van der Waals surface area contributed by atoms with Crippen LogP contribution in [-0.4, -0.2) is 0 Å². The molecule has 3 aliphatic carbocycles. The summed E-state index contributed by atoms with van der Waals surface area (Å²) in [6.07, 6.45) is 11.9. The normalized spacial score (nSPS) is 32.5. The van der Waals surface area contributed by atoms with Gasteiger partial charge in [0.1, 0.15) is 0 Å². The first-order valence-corrected chi connectivity index (χ1v) is 5.56. The van der Waals surface area contributed by atoms with Gasteiger partial charge in [-0.25, -0.2) is 0 Å². The summed E-state index contributed by atoms with van der Waals surface area (Å²) in [5.41, 5.74) is 4.57. The smallest absolute Gasteiger partial charge is 0.00384 e. The van der Waals surface area contributed by atoms with Crippen molar-refractivity contribution >= 4 is 0 Å². The molecule has 0 aliphatic heterocycles. The third-order valence-electron chi connectivity index (χ3n) is 4.09. The van der Waals surface area contributed by atoms with E-state index < -0.39 is 0 Å². The van der Waals surface area contributed by atoms with E-state index in [4.69, 9.17) is 0 Å². The van der Waals surface area contributed by atoms with Crippen molar-refractivity contribution in [3.8, 4) is 0 Å². The van der Waals surface area contributed by atoms with Gasteiger partial charge in [-0.15, -0.1) is 0 Å². The van der Waals surface area contributed by atoms with Gasteiger partial charge >= 0.3 is 0 Å². The molecule has 0 amide bonds. The highest BCUT2D eigenvalue weighted by molar-refractivity contribution is 5.50. The molecule has 0 aromatic rings. The van der Waals surface area contributed by atoms with Gasteiger partial charge in [0.05, 0.1) is 0 Å². The highest BCUT2D eigenvalue weighted by Gasteiger charge is 2.56. The molecule has 0 N–H and O–H groups in total. The van der Waals surface area contributed by atoms with Crippen LogP contribution in [-0.2, 0) is 0 Å². The average Bonchev–Trinajstić information content (AvgIpc) is 2.80. The topological polar surface area (TPSA) is 0 Å². The molecule has 0 bridgehead atoms. The van der Waals surface area contributed by atoms with Crippen molar-refractivity contribution in [3.05, 3.63) is 23.3 Å². The number of hydrogen-bond acceptors (Lipinski definition) is 0. The largest absolute Gasteiger partial charge is 0.0802 e. The van der Waals surface area contributed by atoms with Crippen molar-refractivity contribution in [2.75, 3.05) is 0 Å².